The van der Waals surface area contributed by atoms with Gasteiger partial charge in [-0.1, -0.05) is 6.92 Å². The van der Waals surface area contributed by atoms with Gasteiger partial charge < -0.3 is 14.5 Å². The van der Waals surface area contributed by atoms with Crippen molar-refractivity contribution in [3.63, 3.8) is 0 Å². The minimum absolute atomic E-state index is 0.0000325. The first-order chi connectivity index (χ1) is 13.6. The molecule has 0 aliphatic carbocycles. The summed E-state index contributed by atoms with van der Waals surface area (Å²) in [5.74, 6) is 0.366. The molecular formula is C22H31N5O2. The van der Waals surface area contributed by atoms with E-state index in [1.165, 1.54) is 0 Å². The molecule has 1 aliphatic rings. The quantitative estimate of drug-likeness (QED) is 0.690. The molecule has 0 bridgehead atoms. The Kier molecular flexibility index (Phi) is 7.02. The van der Waals surface area contributed by atoms with Crippen molar-refractivity contribution in [3.05, 3.63) is 17.7 Å². The standard InChI is InChI=1S/C22H31N5O2/c1-8-25-19-16(12-23)9-10-18(20(19)24-6)27-13-15(2)11-17(14-27)26(7)21(28)29-22(3,4)5/h8-10,15,17H,6,11,13-14H2,1-5,7H3/t15-,17+/m0/s1. The van der Waals surface area contributed by atoms with Gasteiger partial charge in [0.05, 0.1) is 17.3 Å². The molecule has 7 nitrogen and oxygen atoms in total. The third kappa shape index (κ3) is 5.35. The van der Waals surface area contributed by atoms with Gasteiger partial charge in [0.25, 0.3) is 0 Å². The summed E-state index contributed by atoms with van der Waals surface area (Å²) in [5.41, 5.74) is 1.91. The molecular weight excluding hydrogens is 366 g/mol. The highest BCUT2D eigenvalue weighted by molar-refractivity contribution is 5.86. The molecule has 0 radical (unpaired) electrons. The lowest BCUT2D eigenvalue weighted by atomic mass is 9.94. The van der Waals surface area contributed by atoms with Crippen LogP contribution in [0.1, 0.15) is 46.6 Å². The lowest BCUT2D eigenvalue weighted by Gasteiger charge is -2.42. The van der Waals surface area contributed by atoms with E-state index in [1.807, 2.05) is 26.8 Å². The fourth-order valence-electron chi connectivity index (χ4n) is 3.61. The second kappa shape index (κ2) is 9.08. The molecule has 0 unspecified atom stereocenters. The van der Waals surface area contributed by atoms with Crippen LogP contribution in [0.25, 0.3) is 0 Å². The minimum Gasteiger partial charge on any atom is -0.444 e. The number of carbonyl (C=O) groups is 1. The topological polar surface area (TPSA) is 81.3 Å². The van der Waals surface area contributed by atoms with Crippen LogP contribution in [-0.4, -0.2) is 55.7 Å². The zero-order valence-corrected chi connectivity index (χ0v) is 18.3. The molecule has 2 rings (SSSR count). The number of likely N-dealkylation sites (N-methyl/N-ethyl adjacent to an activating group) is 1. The number of ether oxygens (including phenoxy) is 1. The van der Waals surface area contributed by atoms with Gasteiger partial charge in [-0.3, -0.25) is 9.98 Å². The highest BCUT2D eigenvalue weighted by atomic mass is 16.6. The van der Waals surface area contributed by atoms with Gasteiger partial charge in [0.2, 0.25) is 0 Å². The Morgan fingerprint density at radius 1 is 1.38 bits per heavy atom. The van der Waals surface area contributed by atoms with Gasteiger partial charge in [-0.15, -0.1) is 0 Å². The van der Waals surface area contributed by atoms with E-state index in [1.54, 1.807) is 31.2 Å². The van der Waals surface area contributed by atoms with Crippen molar-refractivity contribution in [2.24, 2.45) is 15.9 Å². The molecule has 1 amide bonds. The van der Waals surface area contributed by atoms with Crippen LogP contribution < -0.4 is 4.90 Å². The van der Waals surface area contributed by atoms with Crippen molar-refractivity contribution in [1.82, 2.24) is 4.90 Å². The maximum Gasteiger partial charge on any atom is 0.410 e. The molecule has 1 fully saturated rings. The van der Waals surface area contributed by atoms with E-state index in [9.17, 15) is 10.1 Å². The van der Waals surface area contributed by atoms with Crippen molar-refractivity contribution in [1.29, 1.82) is 5.26 Å². The molecule has 1 heterocycles. The molecule has 0 saturated carbocycles. The molecule has 1 saturated heterocycles. The lowest BCUT2D eigenvalue weighted by molar-refractivity contribution is 0.0195. The van der Waals surface area contributed by atoms with E-state index >= 15 is 0 Å². The van der Waals surface area contributed by atoms with E-state index < -0.39 is 5.60 Å². The number of benzene rings is 1. The van der Waals surface area contributed by atoms with Gasteiger partial charge in [-0.05, 0) is 58.9 Å². The van der Waals surface area contributed by atoms with Crippen molar-refractivity contribution >= 4 is 36.1 Å². The van der Waals surface area contributed by atoms with Crippen LogP contribution in [0.3, 0.4) is 0 Å². The Hall–Kier alpha value is -2.88. The predicted octanol–water partition coefficient (Wildman–Crippen LogP) is 4.69. The van der Waals surface area contributed by atoms with Crippen molar-refractivity contribution < 1.29 is 9.53 Å². The summed E-state index contributed by atoms with van der Waals surface area (Å²) in [5, 5.41) is 9.42. The third-order valence-corrected chi connectivity index (χ3v) is 4.87. The summed E-state index contributed by atoms with van der Waals surface area (Å²) in [6, 6.07) is 5.82. The lowest BCUT2D eigenvalue weighted by Crippen LogP contribution is -2.52. The van der Waals surface area contributed by atoms with Crippen molar-refractivity contribution in [2.45, 2.75) is 52.7 Å². The van der Waals surface area contributed by atoms with Crippen LogP contribution in [0.5, 0.6) is 0 Å². The van der Waals surface area contributed by atoms with Crippen LogP contribution in [0.4, 0.5) is 21.9 Å². The maximum atomic E-state index is 12.6. The minimum atomic E-state index is -0.536. The Morgan fingerprint density at radius 2 is 2.07 bits per heavy atom. The summed E-state index contributed by atoms with van der Waals surface area (Å²) in [4.78, 5) is 25.0. The Morgan fingerprint density at radius 3 is 2.62 bits per heavy atom. The number of anilines is 1. The van der Waals surface area contributed by atoms with Gasteiger partial charge in [0, 0.05) is 26.4 Å². The van der Waals surface area contributed by atoms with E-state index in [4.69, 9.17) is 4.74 Å². The number of hydrogen-bond donors (Lipinski definition) is 0. The number of nitrogens with zero attached hydrogens (tertiary/aromatic N) is 5. The Bertz CT molecular complexity index is 835. The van der Waals surface area contributed by atoms with E-state index in [-0.39, 0.29) is 12.1 Å². The Balaban J connectivity index is 2.36. The first-order valence-corrected chi connectivity index (χ1v) is 9.84. The zero-order valence-electron chi connectivity index (χ0n) is 18.3. The molecule has 29 heavy (non-hydrogen) atoms. The summed E-state index contributed by atoms with van der Waals surface area (Å²) in [7, 11) is 1.78. The largest absolute Gasteiger partial charge is 0.444 e. The van der Waals surface area contributed by atoms with Gasteiger partial charge in [0.15, 0.2) is 0 Å². The van der Waals surface area contributed by atoms with E-state index in [0.717, 1.165) is 18.7 Å². The Labute approximate surface area is 173 Å². The average molecular weight is 398 g/mol. The number of aliphatic imine (C=N–C) groups is 2. The van der Waals surface area contributed by atoms with Gasteiger partial charge in [-0.25, -0.2) is 4.79 Å². The fourth-order valence-corrected chi connectivity index (χ4v) is 3.61. The number of carbonyl (C=O) groups excluding carboxylic acids is 1. The van der Waals surface area contributed by atoms with Crippen LogP contribution >= 0.6 is 0 Å². The molecule has 0 N–H and O–H groups in total. The maximum absolute atomic E-state index is 12.6. The highest BCUT2D eigenvalue weighted by Gasteiger charge is 2.33. The monoisotopic (exact) mass is 397 g/mol. The molecule has 156 valence electrons. The van der Waals surface area contributed by atoms with Gasteiger partial charge in [-0.2, -0.15) is 5.26 Å². The van der Waals surface area contributed by atoms with Crippen LogP contribution in [0.2, 0.25) is 0 Å². The summed E-state index contributed by atoms with van der Waals surface area (Å²) in [6.45, 7) is 14.7. The number of nitriles is 1. The van der Waals surface area contributed by atoms with Gasteiger partial charge in [0.1, 0.15) is 23.0 Å². The predicted molar refractivity (Wildman–Crippen MR) is 118 cm³/mol. The molecule has 1 aromatic rings. The summed E-state index contributed by atoms with van der Waals surface area (Å²) >= 11 is 0. The average Bonchev–Trinajstić information content (AvgIpc) is 2.65. The number of piperidine rings is 1. The van der Waals surface area contributed by atoms with Crippen LogP contribution in [0.15, 0.2) is 22.1 Å². The molecule has 0 aromatic heterocycles. The highest BCUT2D eigenvalue weighted by Crippen LogP contribution is 2.41. The smallest absolute Gasteiger partial charge is 0.410 e. The first kappa shape index (κ1) is 22.4. The van der Waals surface area contributed by atoms with Crippen LogP contribution in [-0.2, 0) is 4.74 Å². The third-order valence-electron chi connectivity index (χ3n) is 4.87. The van der Waals surface area contributed by atoms with Crippen LogP contribution in [0, 0.1) is 17.2 Å². The van der Waals surface area contributed by atoms with E-state index in [2.05, 4.69) is 34.6 Å². The SMILES string of the molecule is C=Nc1c(N2C[C@@H](C)C[C@@H](N(C)C(=O)OC(C)(C)C)C2)ccc(C#N)c1N=CC. The molecule has 1 aromatic carbocycles. The second-order valence-electron chi connectivity index (χ2n) is 8.48. The summed E-state index contributed by atoms with van der Waals surface area (Å²) < 4.78 is 5.54. The molecule has 7 heteroatoms. The number of amides is 1. The molecule has 0 spiro atoms. The molecule has 2 atom stereocenters. The van der Waals surface area contributed by atoms with Crippen molar-refractivity contribution in [3.8, 4) is 6.07 Å². The number of hydrogen-bond acceptors (Lipinski definition) is 6. The number of rotatable bonds is 4. The first-order valence-electron chi connectivity index (χ1n) is 9.84. The second-order valence-corrected chi connectivity index (χ2v) is 8.48. The fraction of sp³-hybridized carbons (Fsp3) is 0.545. The summed E-state index contributed by atoms with van der Waals surface area (Å²) in [6.07, 6.45) is 2.21. The van der Waals surface area contributed by atoms with E-state index in [0.29, 0.717) is 29.4 Å². The zero-order chi connectivity index (χ0) is 21.8. The molecule has 1 aliphatic heterocycles. The van der Waals surface area contributed by atoms with Crippen molar-refractivity contribution in [2.75, 3.05) is 25.0 Å². The van der Waals surface area contributed by atoms with Gasteiger partial charge >= 0.3 is 6.09 Å². The normalized spacial score (nSPS) is 19.7.